The molecule has 0 saturated heterocycles. The van der Waals surface area contributed by atoms with E-state index in [1.165, 1.54) is 11.3 Å². The number of primary amides is 2. The number of benzene rings is 1. The van der Waals surface area contributed by atoms with Crippen molar-refractivity contribution in [1.29, 1.82) is 5.26 Å². The van der Waals surface area contributed by atoms with Crippen molar-refractivity contribution in [3.05, 3.63) is 45.1 Å². The van der Waals surface area contributed by atoms with Gasteiger partial charge in [0.2, 0.25) is 5.91 Å². The minimum Gasteiger partial charge on any atom is -0.488 e. The minimum atomic E-state index is -1.33. The van der Waals surface area contributed by atoms with Crippen molar-refractivity contribution in [2.45, 2.75) is 26.4 Å². The molecule has 1 aromatic carbocycles. The van der Waals surface area contributed by atoms with Crippen LogP contribution in [0.25, 0.3) is 11.0 Å². The molecule has 27 heavy (non-hydrogen) atoms. The van der Waals surface area contributed by atoms with Gasteiger partial charge in [0.25, 0.3) is 5.91 Å². The van der Waals surface area contributed by atoms with Crippen LogP contribution in [0.3, 0.4) is 0 Å². The fourth-order valence-corrected chi connectivity index (χ4v) is 3.59. The van der Waals surface area contributed by atoms with E-state index >= 15 is 0 Å². The van der Waals surface area contributed by atoms with Gasteiger partial charge in [0, 0.05) is 10.9 Å². The summed E-state index contributed by atoms with van der Waals surface area (Å²) in [5, 5.41) is 9.77. The van der Waals surface area contributed by atoms with Crippen LogP contribution in [0.4, 0.5) is 0 Å². The van der Waals surface area contributed by atoms with Crippen LogP contribution in [-0.2, 0) is 11.4 Å². The molecule has 1 unspecified atom stereocenters. The Morgan fingerprint density at radius 3 is 2.67 bits per heavy atom. The van der Waals surface area contributed by atoms with Crippen LogP contribution < -0.4 is 16.2 Å². The van der Waals surface area contributed by atoms with Crippen molar-refractivity contribution in [3.63, 3.8) is 0 Å². The van der Waals surface area contributed by atoms with Crippen molar-refractivity contribution < 1.29 is 18.7 Å². The number of carbonyl (C=O) groups excluding carboxylic acids is 2. The summed E-state index contributed by atoms with van der Waals surface area (Å²) in [6, 6.07) is 5.05. The first-order chi connectivity index (χ1) is 12.8. The van der Waals surface area contributed by atoms with Crippen LogP contribution >= 0.6 is 11.3 Å². The van der Waals surface area contributed by atoms with Crippen molar-refractivity contribution in [2.75, 3.05) is 0 Å². The monoisotopic (exact) mass is 384 g/mol. The van der Waals surface area contributed by atoms with E-state index < -0.39 is 17.7 Å². The van der Waals surface area contributed by atoms with Gasteiger partial charge < -0.3 is 20.6 Å². The number of amides is 2. The maximum absolute atomic E-state index is 11.9. The molecule has 0 aliphatic rings. The lowest BCUT2D eigenvalue weighted by atomic mass is 9.92. The highest BCUT2D eigenvalue weighted by Crippen LogP contribution is 2.39. The molecular formula is C18H16N4O4S. The molecule has 8 nitrogen and oxygen atoms in total. The number of nitrogens with two attached hydrogens (primary N) is 2. The number of aryl methyl sites for hydroxylation is 2. The van der Waals surface area contributed by atoms with Gasteiger partial charge in [-0.05, 0) is 26.0 Å². The molecule has 2 amide bonds. The Kier molecular flexibility index (Phi) is 4.83. The number of rotatable bonds is 6. The molecule has 138 valence electrons. The summed E-state index contributed by atoms with van der Waals surface area (Å²) in [5.74, 6) is -2.39. The number of hydrogen-bond donors (Lipinski definition) is 2. The van der Waals surface area contributed by atoms with E-state index in [1.54, 1.807) is 24.6 Å². The standard InChI is InChI=1S/C18H16N4O4S/c1-8-13(27-7-22-8)6-25-11-3-4-12-16(14(18(21)24)9(2)26-12)15(11)10(5-19)17(20)23/h3-4,7,10H,6H2,1-2H3,(H2,20,23)(H2,21,24). The number of aromatic nitrogens is 1. The fraction of sp³-hybridized carbons (Fsp3) is 0.222. The summed E-state index contributed by atoms with van der Waals surface area (Å²) < 4.78 is 11.4. The van der Waals surface area contributed by atoms with Crippen molar-refractivity contribution in [3.8, 4) is 11.8 Å². The third-order valence-electron chi connectivity index (χ3n) is 4.18. The molecule has 0 fully saturated rings. The fourth-order valence-electron chi connectivity index (χ4n) is 2.90. The number of nitriles is 1. The molecule has 3 rings (SSSR count). The molecule has 2 heterocycles. The van der Waals surface area contributed by atoms with E-state index in [4.69, 9.17) is 20.6 Å². The Labute approximate surface area is 158 Å². The van der Waals surface area contributed by atoms with Gasteiger partial charge in [0.05, 0.1) is 27.7 Å². The Balaban J connectivity index is 2.22. The van der Waals surface area contributed by atoms with Gasteiger partial charge in [-0.15, -0.1) is 11.3 Å². The normalized spacial score (nSPS) is 11.9. The maximum Gasteiger partial charge on any atom is 0.252 e. The predicted molar refractivity (Wildman–Crippen MR) is 98.2 cm³/mol. The highest BCUT2D eigenvalue weighted by Gasteiger charge is 2.29. The number of fused-ring (bicyclic) bond motifs is 1. The summed E-state index contributed by atoms with van der Waals surface area (Å²) in [7, 11) is 0. The van der Waals surface area contributed by atoms with Gasteiger partial charge in [-0.1, -0.05) is 0 Å². The average Bonchev–Trinajstić information content (AvgIpc) is 3.16. The molecule has 0 aliphatic heterocycles. The molecule has 0 bridgehead atoms. The van der Waals surface area contributed by atoms with E-state index in [-0.39, 0.29) is 34.6 Å². The van der Waals surface area contributed by atoms with Gasteiger partial charge in [-0.3, -0.25) is 9.59 Å². The number of thiazole rings is 1. The largest absolute Gasteiger partial charge is 0.488 e. The Morgan fingerprint density at radius 2 is 2.11 bits per heavy atom. The maximum atomic E-state index is 11.9. The number of furan rings is 1. The molecule has 0 spiro atoms. The summed E-state index contributed by atoms with van der Waals surface area (Å²) >= 11 is 1.43. The molecule has 0 aliphatic carbocycles. The third kappa shape index (κ3) is 3.22. The third-order valence-corrected chi connectivity index (χ3v) is 5.09. The van der Waals surface area contributed by atoms with Gasteiger partial charge in [-0.25, -0.2) is 4.98 Å². The topological polar surface area (TPSA) is 145 Å². The zero-order chi connectivity index (χ0) is 19.7. The van der Waals surface area contributed by atoms with Crippen LogP contribution in [0.5, 0.6) is 5.75 Å². The summed E-state index contributed by atoms with van der Waals surface area (Å²) in [6.45, 7) is 3.62. The summed E-state index contributed by atoms with van der Waals surface area (Å²) in [4.78, 5) is 28.9. The van der Waals surface area contributed by atoms with Gasteiger partial charge in [0.1, 0.15) is 23.7 Å². The molecular weight excluding hydrogens is 368 g/mol. The predicted octanol–water partition coefficient (Wildman–Crippen LogP) is 2.28. The average molecular weight is 384 g/mol. The van der Waals surface area contributed by atoms with E-state index in [9.17, 15) is 14.9 Å². The second-order valence-electron chi connectivity index (χ2n) is 5.86. The molecule has 4 N–H and O–H groups in total. The van der Waals surface area contributed by atoms with Crippen molar-refractivity contribution in [2.24, 2.45) is 11.5 Å². The Bertz CT molecular complexity index is 1090. The minimum absolute atomic E-state index is 0.0981. The van der Waals surface area contributed by atoms with Crippen LogP contribution in [0, 0.1) is 25.2 Å². The van der Waals surface area contributed by atoms with E-state index in [0.717, 1.165) is 10.6 Å². The first-order valence-corrected chi connectivity index (χ1v) is 8.79. The number of ether oxygens (including phenoxy) is 1. The first kappa shape index (κ1) is 18.4. The molecule has 0 saturated carbocycles. The SMILES string of the molecule is Cc1ncsc1COc1ccc2oc(C)c(C(N)=O)c2c1C(C#N)C(N)=O. The van der Waals surface area contributed by atoms with Crippen LogP contribution in [-0.4, -0.2) is 16.8 Å². The van der Waals surface area contributed by atoms with Crippen molar-refractivity contribution in [1.82, 2.24) is 4.98 Å². The van der Waals surface area contributed by atoms with Crippen LogP contribution in [0.15, 0.2) is 22.1 Å². The van der Waals surface area contributed by atoms with Gasteiger partial charge in [-0.2, -0.15) is 5.26 Å². The smallest absolute Gasteiger partial charge is 0.252 e. The van der Waals surface area contributed by atoms with E-state index in [1.807, 2.05) is 13.0 Å². The lowest BCUT2D eigenvalue weighted by Gasteiger charge is -2.15. The van der Waals surface area contributed by atoms with E-state index in [2.05, 4.69) is 4.98 Å². The Morgan fingerprint density at radius 1 is 1.37 bits per heavy atom. The highest BCUT2D eigenvalue weighted by atomic mass is 32.1. The van der Waals surface area contributed by atoms with E-state index in [0.29, 0.717) is 5.58 Å². The molecule has 9 heteroatoms. The number of hydrogen-bond acceptors (Lipinski definition) is 7. The quantitative estimate of drug-likeness (QED) is 0.667. The lowest BCUT2D eigenvalue weighted by Crippen LogP contribution is -2.22. The second kappa shape index (κ2) is 7.09. The molecule has 2 aromatic heterocycles. The Hall–Kier alpha value is -3.38. The number of nitrogens with zero attached hydrogens (tertiary/aromatic N) is 2. The molecule has 0 radical (unpaired) electrons. The second-order valence-corrected chi connectivity index (χ2v) is 6.80. The lowest BCUT2D eigenvalue weighted by molar-refractivity contribution is -0.118. The molecule has 1 atom stereocenters. The zero-order valence-corrected chi connectivity index (χ0v) is 15.4. The van der Waals surface area contributed by atoms with Gasteiger partial charge >= 0.3 is 0 Å². The van der Waals surface area contributed by atoms with Crippen molar-refractivity contribution >= 4 is 34.1 Å². The highest BCUT2D eigenvalue weighted by molar-refractivity contribution is 7.09. The molecule has 3 aromatic rings. The first-order valence-electron chi connectivity index (χ1n) is 7.91. The van der Waals surface area contributed by atoms with Crippen LogP contribution in [0.1, 0.15) is 38.2 Å². The number of carbonyl (C=O) groups is 2. The zero-order valence-electron chi connectivity index (χ0n) is 14.6. The van der Waals surface area contributed by atoms with Gasteiger partial charge in [0.15, 0.2) is 5.92 Å². The summed E-state index contributed by atoms with van der Waals surface area (Å²) in [5.41, 5.74) is 14.0. The summed E-state index contributed by atoms with van der Waals surface area (Å²) in [6.07, 6.45) is 0. The van der Waals surface area contributed by atoms with Crippen LogP contribution in [0.2, 0.25) is 0 Å².